The normalized spacial score (nSPS) is 14.5. The highest BCUT2D eigenvalue weighted by Gasteiger charge is 2.20. The Balaban J connectivity index is 1.42. The lowest BCUT2D eigenvalue weighted by atomic mass is 10.1. The molecule has 0 atom stereocenters. The van der Waals surface area contributed by atoms with Crippen molar-refractivity contribution in [1.82, 2.24) is 15.1 Å². The molecule has 1 saturated carbocycles. The highest BCUT2D eigenvalue weighted by molar-refractivity contribution is 6.35. The Morgan fingerprint density at radius 2 is 2.11 bits per heavy atom. The number of hydrogen-bond donors (Lipinski definition) is 2. The molecule has 7 nitrogen and oxygen atoms in total. The lowest BCUT2D eigenvalue weighted by Gasteiger charge is -2.11. The first-order chi connectivity index (χ1) is 13.5. The van der Waals surface area contributed by atoms with Gasteiger partial charge in [0.2, 0.25) is 5.91 Å². The van der Waals surface area contributed by atoms with Gasteiger partial charge in [-0.2, -0.15) is 5.10 Å². The number of furan rings is 1. The number of halogens is 1. The summed E-state index contributed by atoms with van der Waals surface area (Å²) in [4.78, 5) is 24.7. The van der Waals surface area contributed by atoms with E-state index in [-0.39, 0.29) is 30.2 Å². The van der Waals surface area contributed by atoms with Crippen LogP contribution in [0.25, 0.3) is 11.0 Å². The van der Waals surface area contributed by atoms with Crippen LogP contribution in [0.4, 0.5) is 5.69 Å². The van der Waals surface area contributed by atoms with Crippen molar-refractivity contribution >= 4 is 40.1 Å². The molecule has 1 aliphatic rings. The van der Waals surface area contributed by atoms with Gasteiger partial charge in [0.15, 0.2) is 11.3 Å². The summed E-state index contributed by atoms with van der Waals surface area (Å²) in [5, 5.41) is 11.2. The van der Waals surface area contributed by atoms with Crippen LogP contribution in [-0.2, 0) is 11.3 Å². The number of carbonyl (C=O) groups is 2. The molecule has 1 fully saturated rings. The van der Waals surface area contributed by atoms with Crippen LogP contribution in [0.2, 0.25) is 5.02 Å². The molecule has 0 spiro atoms. The number of aromatic nitrogens is 2. The van der Waals surface area contributed by atoms with Crippen molar-refractivity contribution in [1.29, 1.82) is 0 Å². The molecular formula is C20H21ClN4O3. The van der Waals surface area contributed by atoms with Gasteiger partial charge in [0, 0.05) is 23.2 Å². The molecule has 146 valence electrons. The molecule has 4 rings (SSSR count). The van der Waals surface area contributed by atoms with Crippen LogP contribution in [0, 0.1) is 6.92 Å². The zero-order valence-corrected chi connectivity index (χ0v) is 16.3. The summed E-state index contributed by atoms with van der Waals surface area (Å²) < 4.78 is 7.18. The van der Waals surface area contributed by atoms with Crippen molar-refractivity contribution in [3.63, 3.8) is 0 Å². The highest BCUT2D eigenvalue weighted by atomic mass is 35.5. The number of para-hydroxylation sites is 1. The average molecular weight is 401 g/mol. The Labute approximate surface area is 167 Å². The maximum absolute atomic E-state index is 12.6. The summed E-state index contributed by atoms with van der Waals surface area (Å²) in [5.41, 5.74) is 1.70. The smallest absolute Gasteiger partial charge is 0.291 e. The standard InChI is InChI=1S/C20H21ClN4O3/c1-12-15-7-4-8-16(21)19(15)28-18(12)20(27)24-14-9-22-25(10-14)11-17(26)23-13-5-2-3-6-13/h4,7-10,13H,2-3,5-6,11H2,1H3,(H,23,26)(H,24,27). The van der Waals surface area contributed by atoms with Crippen molar-refractivity contribution in [2.75, 3.05) is 5.32 Å². The summed E-state index contributed by atoms with van der Waals surface area (Å²) in [6.07, 6.45) is 7.52. The third-order valence-corrected chi connectivity index (χ3v) is 5.34. The zero-order chi connectivity index (χ0) is 19.7. The van der Waals surface area contributed by atoms with Crippen LogP contribution in [0.5, 0.6) is 0 Å². The largest absolute Gasteiger partial charge is 0.449 e. The number of nitrogens with zero attached hydrogens (tertiary/aromatic N) is 2. The Morgan fingerprint density at radius 3 is 2.86 bits per heavy atom. The molecule has 1 aromatic carbocycles. The summed E-state index contributed by atoms with van der Waals surface area (Å²) >= 11 is 6.14. The minimum atomic E-state index is -0.389. The van der Waals surface area contributed by atoms with Gasteiger partial charge in [-0.15, -0.1) is 0 Å². The Kier molecular flexibility index (Phi) is 5.09. The van der Waals surface area contributed by atoms with Crippen molar-refractivity contribution in [3.05, 3.63) is 46.9 Å². The number of rotatable bonds is 5. The van der Waals surface area contributed by atoms with Gasteiger partial charge in [0.25, 0.3) is 5.91 Å². The van der Waals surface area contributed by atoms with E-state index in [1.54, 1.807) is 12.3 Å². The second-order valence-electron chi connectivity index (χ2n) is 7.10. The molecule has 28 heavy (non-hydrogen) atoms. The Morgan fingerprint density at radius 1 is 1.32 bits per heavy atom. The minimum absolute atomic E-state index is 0.0735. The van der Waals surface area contributed by atoms with Gasteiger partial charge in [-0.1, -0.05) is 36.6 Å². The van der Waals surface area contributed by atoms with Crippen LogP contribution in [-0.4, -0.2) is 27.6 Å². The van der Waals surface area contributed by atoms with Gasteiger partial charge in [-0.05, 0) is 25.8 Å². The van der Waals surface area contributed by atoms with E-state index < -0.39 is 0 Å². The van der Waals surface area contributed by atoms with Crippen LogP contribution in [0.3, 0.4) is 0 Å². The van der Waals surface area contributed by atoms with E-state index in [0.717, 1.165) is 36.6 Å². The molecule has 0 bridgehead atoms. The summed E-state index contributed by atoms with van der Waals surface area (Å²) in [6, 6.07) is 5.66. The number of fused-ring (bicyclic) bond motifs is 1. The third kappa shape index (κ3) is 3.75. The van der Waals surface area contributed by atoms with Crippen LogP contribution in [0.15, 0.2) is 35.0 Å². The van der Waals surface area contributed by atoms with Gasteiger partial charge in [0.05, 0.1) is 16.9 Å². The lowest BCUT2D eigenvalue weighted by Crippen LogP contribution is -2.35. The summed E-state index contributed by atoms with van der Waals surface area (Å²) in [6.45, 7) is 1.93. The minimum Gasteiger partial charge on any atom is -0.449 e. The molecule has 3 aromatic rings. The predicted octanol–water partition coefficient (Wildman–Crippen LogP) is 3.90. The van der Waals surface area contributed by atoms with Crippen LogP contribution < -0.4 is 10.6 Å². The molecule has 0 aliphatic heterocycles. The molecule has 8 heteroatoms. The molecule has 2 heterocycles. The molecule has 2 N–H and O–H groups in total. The lowest BCUT2D eigenvalue weighted by molar-refractivity contribution is -0.122. The number of carbonyl (C=O) groups excluding carboxylic acids is 2. The number of anilines is 1. The number of hydrogen-bond acceptors (Lipinski definition) is 4. The van der Waals surface area contributed by atoms with E-state index in [0.29, 0.717) is 16.3 Å². The Hall–Kier alpha value is -2.80. The molecule has 1 aliphatic carbocycles. The Bertz CT molecular complexity index is 1030. The second kappa shape index (κ2) is 7.67. The molecule has 2 amide bonds. The van der Waals surface area contributed by atoms with Gasteiger partial charge in [-0.25, -0.2) is 0 Å². The maximum atomic E-state index is 12.6. The SMILES string of the molecule is Cc1c(C(=O)Nc2cnn(CC(=O)NC3CCCC3)c2)oc2c(Cl)cccc12. The topological polar surface area (TPSA) is 89.2 Å². The average Bonchev–Trinajstić information content (AvgIpc) is 3.38. The van der Waals surface area contributed by atoms with Crippen molar-refractivity contribution in [2.45, 2.75) is 45.2 Å². The van der Waals surface area contributed by atoms with E-state index >= 15 is 0 Å². The number of amides is 2. The fourth-order valence-electron chi connectivity index (χ4n) is 3.62. The maximum Gasteiger partial charge on any atom is 0.291 e. The van der Waals surface area contributed by atoms with Gasteiger partial charge in [-0.3, -0.25) is 14.3 Å². The summed E-state index contributed by atoms with van der Waals surface area (Å²) in [5.74, 6) is -0.259. The summed E-state index contributed by atoms with van der Waals surface area (Å²) in [7, 11) is 0. The highest BCUT2D eigenvalue weighted by Crippen LogP contribution is 2.31. The van der Waals surface area contributed by atoms with E-state index in [1.807, 2.05) is 19.1 Å². The first kappa shape index (κ1) is 18.6. The van der Waals surface area contributed by atoms with Gasteiger partial charge < -0.3 is 15.1 Å². The van der Waals surface area contributed by atoms with E-state index in [1.165, 1.54) is 10.9 Å². The molecular weight excluding hydrogens is 380 g/mol. The first-order valence-corrected chi connectivity index (χ1v) is 9.70. The van der Waals surface area contributed by atoms with E-state index in [2.05, 4.69) is 15.7 Å². The molecule has 0 radical (unpaired) electrons. The fourth-order valence-corrected chi connectivity index (χ4v) is 3.83. The molecule has 0 saturated heterocycles. The molecule has 2 aromatic heterocycles. The van der Waals surface area contributed by atoms with E-state index in [9.17, 15) is 9.59 Å². The number of nitrogens with one attached hydrogen (secondary N) is 2. The van der Waals surface area contributed by atoms with Gasteiger partial charge in [0.1, 0.15) is 6.54 Å². The number of aryl methyl sites for hydroxylation is 1. The predicted molar refractivity (Wildman–Crippen MR) is 107 cm³/mol. The zero-order valence-electron chi connectivity index (χ0n) is 15.5. The van der Waals surface area contributed by atoms with Crippen molar-refractivity contribution < 1.29 is 14.0 Å². The number of benzene rings is 1. The second-order valence-corrected chi connectivity index (χ2v) is 7.51. The third-order valence-electron chi connectivity index (χ3n) is 5.04. The van der Waals surface area contributed by atoms with Crippen molar-refractivity contribution in [2.24, 2.45) is 0 Å². The monoisotopic (exact) mass is 400 g/mol. The first-order valence-electron chi connectivity index (χ1n) is 9.32. The van der Waals surface area contributed by atoms with Crippen molar-refractivity contribution in [3.8, 4) is 0 Å². The van der Waals surface area contributed by atoms with Crippen LogP contribution in [0.1, 0.15) is 41.8 Å². The fraction of sp³-hybridized carbons (Fsp3) is 0.350. The molecule has 0 unspecified atom stereocenters. The quantitative estimate of drug-likeness (QED) is 0.679. The van der Waals surface area contributed by atoms with Gasteiger partial charge >= 0.3 is 0 Å². The van der Waals surface area contributed by atoms with E-state index in [4.69, 9.17) is 16.0 Å². The van der Waals surface area contributed by atoms with Crippen LogP contribution >= 0.6 is 11.6 Å².